The molecule has 0 aliphatic rings. The molecule has 0 atom stereocenters. The largest absolute Gasteiger partial charge is 0.264 e. The molecule has 2 rings (SSSR count). The predicted octanol–water partition coefficient (Wildman–Crippen LogP) is 2.95. The maximum atomic E-state index is 12.1. The summed E-state index contributed by atoms with van der Waals surface area (Å²) in [6, 6.07) is 11.0. The van der Waals surface area contributed by atoms with E-state index >= 15 is 0 Å². The van der Waals surface area contributed by atoms with Crippen LogP contribution in [0, 0.1) is 0 Å². The number of nitrogens with one attached hydrogen (secondary N) is 1. The second-order valence-electron chi connectivity index (χ2n) is 5.21. The molecule has 2 aromatic rings. The number of aromatic nitrogens is 1. The molecular formula is C17H22N2O2S. The third-order valence-corrected chi connectivity index (χ3v) is 5.03. The van der Waals surface area contributed by atoms with Gasteiger partial charge in [-0.25, -0.2) is 13.1 Å². The van der Waals surface area contributed by atoms with Gasteiger partial charge in [0.15, 0.2) is 0 Å². The quantitative estimate of drug-likeness (QED) is 0.761. The fourth-order valence-corrected chi connectivity index (χ4v) is 3.27. The average Bonchev–Trinajstić information content (AvgIpc) is 2.55. The summed E-state index contributed by atoms with van der Waals surface area (Å²) in [6.45, 7) is 2.50. The third-order valence-electron chi connectivity index (χ3n) is 3.55. The minimum absolute atomic E-state index is 0.331. The molecule has 0 unspecified atom stereocenters. The van der Waals surface area contributed by atoms with E-state index in [0.717, 1.165) is 31.2 Å². The Hall–Kier alpha value is -1.72. The lowest BCUT2D eigenvalue weighted by molar-refractivity contribution is 0.576. The van der Waals surface area contributed by atoms with E-state index in [2.05, 4.69) is 9.71 Å². The highest BCUT2D eigenvalue weighted by Gasteiger charge is 2.12. The molecule has 4 nitrogen and oxygen atoms in total. The van der Waals surface area contributed by atoms with Gasteiger partial charge in [-0.2, -0.15) is 0 Å². The number of hydrogen-bond donors (Lipinski definition) is 1. The molecule has 0 aliphatic carbocycles. The molecule has 0 fully saturated rings. The third kappa shape index (κ3) is 4.93. The summed E-state index contributed by atoms with van der Waals surface area (Å²) < 4.78 is 26.9. The lowest BCUT2D eigenvalue weighted by Gasteiger charge is -2.07. The monoisotopic (exact) mass is 318 g/mol. The van der Waals surface area contributed by atoms with E-state index in [-0.39, 0.29) is 0 Å². The van der Waals surface area contributed by atoms with Crippen LogP contribution in [0.5, 0.6) is 0 Å². The molecule has 0 radical (unpaired) electrons. The highest BCUT2D eigenvalue weighted by Crippen LogP contribution is 2.11. The van der Waals surface area contributed by atoms with E-state index in [1.54, 1.807) is 18.3 Å². The Morgan fingerprint density at radius 2 is 1.82 bits per heavy atom. The van der Waals surface area contributed by atoms with Gasteiger partial charge in [0.05, 0.1) is 4.90 Å². The van der Waals surface area contributed by atoms with E-state index in [4.69, 9.17) is 0 Å². The average molecular weight is 318 g/mol. The molecule has 5 heteroatoms. The van der Waals surface area contributed by atoms with Crippen molar-refractivity contribution in [2.24, 2.45) is 0 Å². The Morgan fingerprint density at radius 3 is 2.45 bits per heavy atom. The van der Waals surface area contributed by atoms with Gasteiger partial charge in [-0.15, -0.1) is 0 Å². The van der Waals surface area contributed by atoms with Crippen LogP contribution in [0.3, 0.4) is 0 Å². The van der Waals surface area contributed by atoms with E-state index in [9.17, 15) is 8.42 Å². The Bertz CT molecular complexity index is 668. The fraction of sp³-hybridized carbons (Fsp3) is 0.353. The van der Waals surface area contributed by atoms with Crippen LogP contribution >= 0.6 is 0 Å². The van der Waals surface area contributed by atoms with Gasteiger partial charge in [0.25, 0.3) is 0 Å². The van der Waals surface area contributed by atoms with Crippen molar-refractivity contribution in [1.82, 2.24) is 9.71 Å². The number of sulfonamides is 1. The van der Waals surface area contributed by atoms with E-state index < -0.39 is 10.0 Å². The van der Waals surface area contributed by atoms with Crippen LogP contribution in [0.2, 0.25) is 0 Å². The Balaban J connectivity index is 1.77. The molecule has 1 N–H and O–H groups in total. The molecule has 1 aromatic heterocycles. The number of rotatable bonds is 8. The van der Waals surface area contributed by atoms with Crippen molar-refractivity contribution >= 4 is 10.0 Å². The maximum Gasteiger partial charge on any atom is 0.240 e. The zero-order valence-electron chi connectivity index (χ0n) is 12.8. The standard InChI is InChI=1S/C17H22N2O2S/c1-2-15-8-10-17(11-9-15)22(20,21)19-13-4-3-6-16-7-5-12-18-14-16/h5,7-12,14,19H,2-4,6,13H2,1H3. The molecule has 0 bridgehead atoms. The summed E-state index contributed by atoms with van der Waals surface area (Å²) in [6.07, 6.45) is 7.16. The summed E-state index contributed by atoms with van der Waals surface area (Å²) in [5.74, 6) is 0. The van der Waals surface area contributed by atoms with Gasteiger partial charge < -0.3 is 0 Å². The molecule has 1 heterocycles. The first-order valence-electron chi connectivity index (χ1n) is 7.59. The zero-order chi connectivity index (χ0) is 15.8. The lowest BCUT2D eigenvalue weighted by atomic mass is 10.1. The van der Waals surface area contributed by atoms with Crippen molar-refractivity contribution in [2.45, 2.75) is 37.5 Å². The molecule has 22 heavy (non-hydrogen) atoms. The molecule has 0 spiro atoms. The predicted molar refractivity (Wildman–Crippen MR) is 88.2 cm³/mol. The maximum absolute atomic E-state index is 12.1. The Labute approximate surface area is 132 Å². The number of hydrogen-bond acceptors (Lipinski definition) is 3. The Kier molecular flexibility index (Phi) is 6.10. The van der Waals surface area contributed by atoms with Gasteiger partial charge >= 0.3 is 0 Å². The molecule has 1 aromatic carbocycles. The summed E-state index contributed by atoms with van der Waals surface area (Å²) in [5, 5.41) is 0. The normalized spacial score (nSPS) is 11.5. The number of unbranched alkanes of at least 4 members (excludes halogenated alkanes) is 1. The van der Waals surface area contributed by atoms with Crippen LogP contribution in [-0.2, 0) is 22.9 Å². The van der Waals surface area contributed by atoms with Crippen LogP contribution < -0.4 is 4.72 Å². The minimum Gasteiger partial charge on any atom is -0.264 e. The molecule has 118 valence electrons. The van der Waals surface area contributed by atoms with Gasteiger partial charge in [0.1, 0.15) is 0 Å². The first kappa shape index (κ1) is 16.6. The van der Waals surface area contributed by atoms with Gasteiger partial charge in [0, 0.05) is 18.9 Å². The van der Waals surface area contributed by atoms with E-state index in [1.165, 1.54) is 5.56 Å². The van der Waals surface area contributed by atoms with E-state index in [1.807, 2.05) is 37.4 Å². The second kappa shape index (κ2) is 8.06. The van der Waals surface area contributed by atoms with Crippen molar-refractivity contribution in [2.75, 3.05) is 6.54 Å². The summed E-state index contributed by atoms with van der Waals surface area (Å²) in [4.78, 5) is 4.40. The smallest absolute Gasteiger partial charge is 0.240 e. The molecule has 0 amide bonds. The summed E-state index contributed by atoms with van der Waals surface area (Å²) >= 11 is 0. The topological polar surface area (TPSA) is 59.1 Å². The minimum atomic E-state index is -3.39. The van der Waals surface area contributed by atoms with Crippen LogP contribution in [0.15, 0.2) is 53.7 Å². The highest BCUT2D eigenvalue weighted by atomic mass is 32.2. The SMILES string of the molecule is CCc1ccc(S(=O)(=O)NCCCCc2cccnc2)cc1. The van der Waals surface area contributed by atoms with Gasteiger partial charge in [0.2, 0.25) is 10.0 Å². The number of nitrogens with zero attached hydrogens (tertiary/aromatic N) is 1. The number of benzene rings is 1. The van der Waals surface area contributed by atoms with Gasteiger partial charge in [-0.1, -0.05) is 25.1 Å². The lowest BCUT2D eigenvalue weighted by Crippen LogP contribution is -2.24. The number of aryl methyl sites for hydroxylation is 2. The molecule has 0 saturated heterocycles. The van der Waals surface area contributed by atoms with E-state index in [0.29, 0.717) is 11.4 Å². The van der Waals surface area contributed by atoms with Crippen LogP contribution in [0.25, 0.3) is 0 Å². The Morgan fingerprint density at radius 1 is 1.05 bits per heavy atom. The van der Waals surface area contributed by atoms with Crippen molar-refractivity contribution in [3.8, 4) is 0 Å². The van der Waals surface area contributed by atoms with Crippen molar-refractivity contribution in [3.05, 3.63) is 59.9 Å². The summed E-state index contributed by atoms with van der Waals surface area (Å²) in [7, 11) is -3.39. The second-order valence-corrected chi connectivity index (χ2v) is 6.98. The van der Waals surface area contributed by atoms with Crippen LogP contribution in [0.4, 0.5) is 0 Å². The first-order chi connectivity index (χ1) is 10.6. The first-order valence-corrected chi connectivity index (χ1v) is 9.07. The van der Waals surface area contributed by atoms with Crippen molar-refractivity contribution in [1.29, 1.82) is 0 Å². The molecule has 0 aliphatic heterocycles. The fourth-order valence-electron chi connectivity index (χ4n) is 2.19. The van der Waals surface area contributed by atoms with Crippen LogP contribution in [0.1, 0.15) is 30.9 Å². The zero-order valence-corrected chi connectivity index (χ0v) is 13.6. The van der Waals surface area contributed by atoms with Gasteiger partial charge in [-0.05, 0) is 55.0 Å². The summed E-state index contributed by atoms with van der Waals surface area (Å²) in [5.41, 5.74) is 2.32. The van der Waals surface area contributed by atoms with Gasteiger partial charge in [-0.3, -0.25) is 4.98 Å². The molecular weight excluding hydrogens is 296 g/mol. The highest BCUT2D eigenvalue weighted by molar-refractivity contribution is 7.89. The van der Waals surface area contributed by atoms with Crippen molar-refractivity contribution in [3.63, 3.8) is 0 Å². The van der Waals surface area contributed by atoms with Crippen molar-refractivity contribution < 1.29 is 8.42 Å². The molecule has 0 saturated carbocycles. The number of pyridine rings is 1. The van der Waals surface area contributed by atoms with Crippen LogP contribution in [-0.4, -0.2) is 19.9 Å².